The number of hydrogen-bond donors (Lipinski definition) is 1. The Balaban J connectivity index is 1.83. The molecule has 0 saturated heterocycles. The van der Waals surface area contributed by atoms with Crippen LogP contribution in [0.15, 0.2) is 54.9 Å². The summed E-state index contributed by atoms with van der Waals surface area (Å²) in [5.41, 5.74) is 4.28. The van der Waals surface area contributed by atoms with Gasteiger partial charge < -0.3 is 5.11 Å². The monoisotopic (exact) mass is 392 g/mol. The molecule has 1 saturated carbocycles. The van der Waals surface area contributed by atoms with Gasteiger partial charge in [-0.05, 0) is 41.9 Å². The summed E-state index contributed by atoms with van der Waals surface area (Å²) in [7, 11) is 2.04. The topological polar surface area (TPSA) is 41.2 Å². The van der Waals surface area contributed by atoms with Gasteiger partial charge in [0.2, 0.25) is 0 Å². The normalized spacial score (nSPS) is 19.5. The van der Waals surface area contributed by atoms with E-state index in [-0.39, 0.29) is 0 Å². The Hall–Kier alpha value is -2.46. The van der Waals surface area contributed by atoms with E-state index >= 15 is 0 Å². The first-order chi connectivity index (χ1) is 13.5. The number of carboxylic acids is 1. The smallest absolute Gasteiger partial charge is 0.346 e. The SMILES string of the molecule is CC1CCC(c2c[n+](C)ccc2-c2cc(-c3ccccc3)sc2C(=O)O)CC1. The second-order valence-corrected chi connectivity index (χ2v) is 9.01. The molecule has 144 valence electrons. The quantitative estimate of drug-likeness (QED) is 0.562. The van der Waals surface area contributed by atoms with E-state index in [0.717, 1.165) is 27.5 Å². The average Bonchev–Trinajstić information content (AvgIpc) is 3.15. The Kier molecular flexibility index (Phi) is 5.31. The zero-order valence-electron chi connectivity index (χ0n) is 16.4. The number of carbonyl (C=O) groups is 1. The molecule has 3 aromatic rings. The number of thiophene rings is 1. The van der Waals surface area contributed by atoms with E-state index in [1.807, 2.05) is 43.6 Å². The zero-order valence-corrected chi connectivity index (χ0v) is 17.2. The Labute approximate surface area is 170 Å². The van der Waals surface area contributed by atoms with Gasteiger partial charge in [-0.2, -0.15) is 0 Å². The number of hydrogen-bond acceptors (Lipinski definition) is 2. The van der Waals surface area contributed by atoms with Crippen LogP contribution in [0.3, 0.4) is 0 Å². The first kappa shape index (κ1) is 18.9. The summed E-state index contributed by atoms with van der Waals surface area (Å²) in [5.74, 6) is 0.441. The molecule has 0 atom stereocenters. The van der Waals surface area contributed by atoms with Gasteiger partial charge in [-0.25, -0.2) is 9.36 Å². The van der Waals surface area contributed by atoms with Gasteiger partial charge in [0, 0.05) is 22.1 Å². The molecular weight excluding hydrogens is 366 g/mol. The molecule has 2 heterocycles. The summed E-state index contributed by atoms with van der Waals surface area (Å²) >= 11 is 1.37. The molecule has 1 aliphatic rings. The minimum atomic E-state index is -0.848. The maximum atomic E-state index is 12.0. The van der Waals surface area contributed by atoms with Crippen molar-refractivity contribution in [3.05, 3.63) is 65.3 Å². The molecule has 0 amide bonds. The summed E-state index contributed by atoms with van der Waals surface area (Å²) in [6, 6.07) is 14.2. The number of aromatic nitrogens is 1. The molecule has 0 aliphatic heterocycles. The zero-order chi connectivity index (χ0) is 19.7. The Morgan fingerprint density at radius 2 is 1.79 bits per heavy atom. The number of benzene rings is 1. The highest BCUT2D eigenvalue weighted by Gasteiger charge is 2.27. The molecule has 2 aromatic heterocycles. The van der Waals surface area contributed by atoms with Crippen LogP contribution < -0.4 is 4.57 Å². The summed E-state index contributed by atoms with van der Waals surface area (Å²) in [5, 5.41) is 9.88. The maximum Gasteiger partial charge on any atom is 0.346 e. The predicted octanol–water partition coefficient (Wildman–Crippen LogP) is 5.90. The lowest BCUT2D eigenvalue weighted by molar-refractivity contribution is -0.671. The molecule has 1 aromatic carbocycles. The highest BCUT2D eigenvalue weighted by Crippen LogP contribution is 2.43. The molecule has 1 fully saturated rings. The molecule has 28 heavy (non-hydrogen) atoms. The van der Waals surface area contributed by atoms with Gasteiger partial charge in [-0.3, -0.25) is 0 Å². The van der Waals surface area contributed by atoms with Crippen LogP contribution in [0.4, 0.5) is 0 Å². The maximum absolute atomic E-state index is 12.0. The van der Waals surface area contributed by atoms with Crippen molar-refractivity contribution >= 4 is 17.3 Å². The standard InChI is InChI=1S/C24H25NO2S/c1-16-8-10-17(11-9-16)21-15-25(2)13-12-19(21)20-14-22(28-23(20)24(26)27)18-6-4-3-5-7-18/h3-7,12-17H,8-11H2,1-2H3/p+1. The largest absolute Gasteiger partial charge is 0.477 e. The average molecular weight is 393 g/mol. The summed E-state index contributed by atoms with van der Waals surface area (Å²) in [6.07, 6.45) is 9.06. The van der Waals surface area contributed by atoms with Gasteiger partial charge in [0.05, 0.1) is 0 Å². The molecule has 4 rings (SSSR count). The lowest BCUT2D eigenvalue weighted by Crippen LogP contribution is -2.28. The number of nitrogens with zero attached hydrogens (tertiary/aromatic N) is 1. The Morgan fingerprint density at radius 1 is 1.07 bits per heavy atom. The summed E-state index contributed by atoms with van der Waals surface area (Å²) in [6.45, 7) is 2.33. The molecule has 4 heteroatoms. The van der Waals surface area contributed by atoms with E-state index < -0.39 is 5.97 Å². The van der Waals surface area contributed by atoms with Crippen molar-refractivity contribution in [3.8, 4) is 21.6 Å². The molecule has 1 N–H and O–H groups in total. The third kappa shape index (κ3) is 3.74. The molecular formula is C24H26NO2S+. The minimum Gasteiger partial charge on any atom is -0.477 e. The summed E-state index contributed by atoms with van der Waals surface area (Å²) in [4.78, 5) is 13.5. The van der Waals surface area contributed by atoms with Crippen LogP contribution in [0.25, 0.3) is 21.6 Å². The molecule has 0 unspecified atom stereocenters. The number of aromatic carboxylic acids is 1. The number of pyridine rings is 1. The molecule has 3 nitrogen and oxygen atoms in total. The fraction of sp³-hybridized carbons (Fsp3) is 0.333. The van der Waals surface area contributed by atoms with E-state index in [0.29, 0.717) is 10.8 Å². The van der Waals surface area contributed by atoms with Gasteiger partial charge in [-0.1, -0.05) is 50.1 Å². The second-order valence-electron chi connectivity index (χ2n) is 7.96. The van der Waals surface area contributed by atoms with Crippen molar-refractivity contribution in [2.24, 2.45) is 13.0 Å². The third-order valence-corrected chi connectivity index (χ3v) is 7.03. The van der Waals surface area contributed by atoms with Gasteiger partial charge >= 0.3 is 5.97 Å². The molecule has 0 radical (unpaired) electrons. The van der Waals surface area contributed by atoms with Crippen molar-refractivity contribution in [1.29, 1.82) is 0 Å². The number of aryl methyl sites for hydroxylation is 1. The van der Waals surface area contributed by atoms with E-state index in [1.54, 1.807) is 0 Å². The van der Waals surface area contributed by atoms with Gasteiger partial charge in [0.1, 0.15) is 11.9 Å². The Bertz CT molecular complexity index is 985. The van der Waals surface area contributed by atoms with E-state index in [4.69, 9.17) is 0 Å². The second kappa shape index (κ2) is 7.88. The van der Waals surface area contributed by atoms with E-state index in [2.05, 4.69) is 29.8 Å². The van der Waals surface area contributed by atoms with Crippen molar-refractivity contribution in [3.63, 3.8) is 0 Å². The Morgan fingerprint density at radius 3 is 2.46 bits per heavy atom. The fourth-order valence-electron chi connectivity index (χ4n) is 4.26. The molecule has 1 aliphatic carbocycles. The van der Waals surface area contributed by atoms with Crippen LogP contribution in [0.1, 0.15) is 53.8 Å². The predicted molar refractivity (Wildman–Crippen MR) is 114 cm³/mol. The third-order valence-electron chi connectivity index (χ3n) is 5.86. The highest BCUT2D eigenvalue weighted by atomic mass is 32.1. The lowest BCUT2D eigenvalue weighted by atomic mass is 9.78. The van der Waals surface area contributed by atoms with Crippen LogP contribution >= 0.6 is 11.3 Å². The van der Waals surface area contributed by atoms with Crippen LogP contribution in [-0.2, 0) is 7.05 Å². The van der Waals surface area contributed by atoms with Gasteiger partial charge in [0.25, 0.3) is 0 Å². The molecule has 0 spiro atoms. The van der Waals surface area contributed by atoms with Crippen molar-refractivity contribution in [1.82, 2.24) is 0 Å². The van der Waals surface area contributed by atoms with Crippen molar-refractivity contribution in [2.45, 2.75) is 38.5 Å². The first-order valence-corrected chi connectivity index (χ1v) is 10.8. The fourth-order valence-corrected chi connectivity index (χ4v) is 5.27. The van der Waals surface area contributed by atoms with Crippen LogP contribution in [-0.4, -0.2) is 11.1 Å². The number of carboxylic acid groups (broad SMARTS) is 1. The van der Waals surface area contributed by atoms with E-state index in [9.17, 15) is 9.90 Å². The van der Waals surface area contributed by atoms with Crippen molar-refractivity contribution in [2.75, 3.05) is 0 Å². The number of rotatable bonds is 4. The first-order valence-electron chi connectivity index (χ1n) is 9.95. The molecule has 0 bridgehead atoms. The minimum absolute atomic E-state index is 0.429. The van der Waals surface area contributed by atoms with Crippen LogP contribution in [0.5, 0.6) is 0 Å². The van der Waals surface area contributed by atoms with E-state index in [1.165, 1.54) is 42.6 Å². The highest BCUT2D eigenvalue weighted by molar-refractivity contribution is 7.17. The van der Waals surface area contributed by atoms with Gasteiger partial charge in [-0.15, -0.1) is 11.3 Å². The van der Waals surface area contributed by atoms with Gasteiger partial charge in [0.15, 0.2) is 12.4 Å². The van der Waals surface area contributed by atoms with Crippen molar-refractivity contribution < 1.29 is 14.5 Å². The van der Waals surface area contributed by atoms with Crippen LogP contribution in [0, 0.1) is 5.92 Å². The summed E-state index contributed by atoms with van der Waals surface area (Å²) < 4.78 is 2.09. The lowest BCUT2D eigenvalue weighted by Gasteiger charge is -2.27. The van der Waals surface area contributed by atoms with Crippen LogP contribution in [0.2, 0.25) is 0 Å².